The largest absolute Gasteiger partial charge is 0.454 e. The zero-order valence-corrected chi connectivity index (χ0v) is 10.5. The van der Waals surface area contributed by atoms with E-state index in [1.54, 1.807) is 17.4 Å². The highest BCUT2D eigenvalue weighted by Crippen LogP contribution is 2.23. The van der Waals surface area contributed by atoms with Crippen LogP contribution in [0, 0.1) is 0 Å². The van der Waals surface area contributed by atoms with Crippen LogP contribution in [0.2, 0.25) is 0 Å². The van der Waals surface area contributed by atoms with Crippen LogP contribution in [0.3, 0.4) is 0 Å². The molecule has 1 aromatic rings. The van der Waals surface area contributed by atoms with Crippen LogP contribution < -0.4 is 0 Å². The highest BCUT2D eigenvalue weighted by Gasteiger charge is 2.27. The Bertz CT molecular complexity index is 481. The van der Waals surface area contributed by atoms with Crippen molar-refractivity contribution in [3.05, 3.63) is 38.5 Å². The maximum absolute atomic E-state index is 11.2. The summed E-state index contributed by atoms with van der Waals surface area (Å²) in [5, 5.41) is 0. The molecule has 1 fully saturated rings. The minimum atomic E-state index is -0.540. The number of ether oxygens (including phenoxy) is 1. The van der Waals surface area contributed by atoms with Gasteiger partial charge in [0.25, 0.3) is 0 Å². The molecule has 2 heterocycles. The topological polar surface area (TPSA) is 43.4 Å². The molecule has 1 saturated heterocycles. The molecule has 0 N–H and O–H groups in total. The Morgan fingerprint density at radius 3 is 2.75 bits per heavy atom. The van der Waals surface area contributed by atoms with Crippen molar-refractivity contribution >= 4 is 45.1 Å². The van der Waals surface area contributed by atoms with Gasteiger partial charge >= 0.3 is 5.97 Å². The van der Waals surface area contributed by atoms with Gasteiger partial charge in [0.2, 0.25) is 5.78 Å². The number of Topliss-reactive ketones (excluding diaryl/α,β-unsaturated/α-hetero) is 1. The summed E-state index contributed by atoms with van der Waals surface area (Å²) in [6.07, 6.45) is 5.00. The van der Waals surface area contributed by atoms with E-state index in [0.717, 1.165) is 8.66 Å². The van der Waals surface area contributed by atoms with Gasteiger partial charge in [0, 0.05) is 4.88 Å². The number of hydrogen-bond donors (Lipinski definition) is 0. The number of hydrogen-bond acceptors (Lipinski definition) is 4. The summed E-state index contributed by atoms with van der Waals surface area (Å²) in [4.78, 5) is 23.3. The summed E-state index contributed by atoms with van der Waals surface area (Å²) in [5.74, 6) is -0.802. The molecule has 1 aliphatic rings. The van der Waals surface area contributed by atoms with Gasteiger partial charge in [0.05, 0.1) is 3.79 Å². The zero-order chi connectivity index (χ0) is 11.5. The maximum atomic E-state index is 11.2. The quantitative estimate of drug-likeness (QED) is 0.479. The van der Waals surface area contributed by atoms with E-state index < -0.39 is 5.97 Å². The van der Waals surface area contributed by atoms with Crippen LogP contribution in [0.15, 0.2) is 33.6 Å². The van der Waals surface area contributed by atoms with Gasteiger partial charge < -0.3 is 4.74 Å². The summed E-state index contributed by atoms with van der Waals surface area (Å²) < 4.78 is 5.63. The normalized spacial score (nSPS) is 18.7. The molecule has 0 bridgehead atoms. The number of esters is 1. The standard InChI is InChI=1S/C11H7BrO3S/c12-10-5-4-7(16-10)2-1-3-8-9(13)6-15-11(8)14/h1-5H,6H2. The molecule has 82 valence electrons. The molecule has 0 radical (unpaired) electrons. The van der Waals surface area contributed by atoms with E-state index in [1.165, 1.54) is 6.08 Å². The van der Waals surface area contributed by atoms with E-state index in [1.807, 2.05) is 18.2 Å². The predicted octanol–water partition coefficient (Wildman–Crippen LogP) is 2.58. The van der Waals surface area contributed by atoms with Crippen molar-refractivity contribution in [1.29, 1.82) is 0 Å². The fourth-order valence-corrected chi connectivity index (χ4v) is 2.56. The Labute approximate surface area is 105 Å². The third-order valence-electron chi connectivity index (χ3n) is 1.97. The summed E-state index contributed by atoms with van der Waals surface area (Å²) in [7, 11) is 0. The molecule has 1 aromatic heterocycles. The minimum absolute atomic E-state index is 0.117. The predicted molar refractivity (Wildman–Crippen MR) is 65.1 cm³/mol. The van der Waals surface area contributed by atoms with E-state index in [9.17, 15) is 9.59 Å². The first-order chi connectivity index (χ1) is 7.66. The maximum Gasteiger partial charge on any atom is 0.342 e. The second kappa shape index (κ2) is 4.76. The number of carbonyl (C=O) groups excluding carboxylic acids is 2. The van der Waals surface area contributed by atoms with Crippen molar-refractivity contribution in [2.75, 3.05) is 6.61 Å². The summed E-state index contributed by atoms with van der Waals surface area (Å²) >= 11 is 4.92. The van der Waals surface area contributed by atoms with Gasteiger partial charge in [-0.3, -0.25) is 4.79 Å². The van der Waals surface area contributed by atoms with Crippen LogP contribution in [0.5, 0.6) is 0 Å². The van der Waals surface area contributed by atoms with Crippen molar-refractivity contribution in [3.63, 3.8) is 0 Å². The van der Waals surface area contributed by atoms with Gasteiger partial charge in [-0.2, -0.15) is 0 Å². The minimum Gasteiger partial charge on any atom is -0.454 e. The lowest BCUT2D eigenvalue weighted by molar-refractivity contribution is -0.135. The Hall–Kier alpha value is -1.20. The second-order valence-corrected chi connectivity index (χ2v) is 5.58. The van der Waals surface area contributed by atoms with Gasteiger partial charge in [-0.25, -0.2) is 4.79 Å². The molecule has 1 aliphatic heterocycles. The molecule has 0 atom stereocenters. The molecule has 0 spiro atoms. The number of ketones is 1. The Balaban J connectivity index is 2.11. The number of allylic oxidation sites excluding steroid dienone is 2. The van der Waals surface area contributed by atoms with E-state index in [0.29, 0.717) is 0 Å². The van der Waals surface area contributed by atoms with Crippen molar-refractivity contribution in [2.24, 2.45) is 0 Å². The molecule has 0 aliphatic carbocycles. The summed E-state index contributed by atoms with van der Waals surface area (Å²) in [5.41, 5.74) is 0.117. The van der Waals surface area contributed by atoms with Crippen LogP contribution in [-0.4, -0.2) is 18.4 Å². The first-order valence-electron chi connectivity index (χ1n) is 4.51. The fraction of sp³-hybridized carbons (Fsp3) is 0.0909. The second-order valence-electron chi connectivity index (χ2n) is 3.08. The van der Waals surface area contributed by atoms with Gasteiger partial charge in [-0.1, -0.05) is 6.08 Å². The lowest BCUT2D eigenvalue weighted by atomic mass is 10.2. The monoisotopic (exact) mass is 298 g/mol. The molecular weight excluding hydrogens is 292 g/mol. The summed E-state index contributed by atoms with van der Waals surface area (Å²) in [6.45, 7) is -0.136. The Kier molecular flexibility index (Phi) is 3.36. The molecule has 3 nitrogen and oxygen atoms in total. The number of cyclic esters (lactones) is 1. The van der Waals surface area contributed by atoms with Crippen molar-refractivity contribution < 1.29 is 14.3 Å². The number of carbonyl (C=O) groups is 2. The zero-order valence-electron chi connectivity index (χ0n) is 8.10. The SMILES string of the molecule is O=C1COC(=O)C1=CC=Cc1ccc(Br)s1. The first-order valence-corrected chi connectivity index (χ1v) is 6.12. The molecular formula is C11H7BrO3S. The average Bonchev–Trinajstić information content (AvgIpc) is 2.78. The molecule has 0 saturated carbocycles. The molecule has 0 amide bonds. The fourth-order valence-electron chi connectivity index (χ4n) is 1.22. The molecule has 2 rings (SSSR count). The highest BCUT2D eigenvalue weighted by atomic mass is 79.9. The highest BCUT2D eigenvalue weighted by molar-refractivity contribution is 9.11. The average molecular weight is 299 g/mol. The van der Waals surface area contributed by atoms with E-state index in [-0.39, 0.29) is 18.0 Å². The van der Waals surface area contributed by atoms with Crippen LogP contribution in [0.4, 0.5) is 0 Å². The Morgan fingerprint density at radius 1 is 1.38 bits per heavy atom. The van der Waals surface area contributed by atoms with Gasteiger partial charge in [0.1, 0.15) is 5.57 Å². The third-order valence-corrected chi connectivity index (χ3v) is 3.56. The van der Waals surface area contributed by atoms with Gasteiger partial charge in [-0.15, -0.1) is 11.3 Å². The molecule has 0 unspecified atom stereocenters. The molecule has 0 aromatic carbocycles. The number of rotatable bonds is 2. The Morgan fingerprint density at radius 2 is 2.19 bits per heavy atom. The molecule has 5 heteroatoms. The molecule has 16 heavy (non-hydrogen) atoms. The third kappa shape index (κ3) is 2.48. The van der Waals surface area contributed by atoms with Crippen LogP contribution in [-0.2, 0) is 14.3 Å². The number of thiophene rings is 1. The van der Waals surface area contributed by atoms with Crippen LogP contribution in [0.25, 0.3) is 6.08 Å². The smallest absolute Gasteiger partial charge is 0.342 e. The van der Waals surface area contributed by atoms with Crippen LogP contribution in [0.1, 0.15) is 4.88 Å². The van der Waals surface area contributed by atoms with Crippen LogP contribution >= 0.6 is 27.3 Å². The van der Waals surface area contributed by atoms with Crippen molar-refractivity contribution in [2.45, 2.75) is 0 Å². The van der Waals surface area contributed by atoms with E-state index in [2.05, 4.69) is 20.7 Å². The van der Waals surface area contributed by atoms with Crippen molar-refractivity contribution in [3.8, 4) is 0 Å². The van der Waals surface area contributed by atoms with Gasteiger partial charge in [0.15, 0.2) is 6.61 Å². The number of halogens is 1. The van der Waals surface area contributed by atoms with E-state index >= 15 is 0 Å². The van der Waals surface area contributed by atoms with Gasteiger partial charge in [-0.05, 0) is 40.2 Å². The first kappa shape index (κ1) is 11.3. The lowest BCUT2D eigenvalue weighted by Crippen LogP contribution is -1.99. The lowest BCUT2D eigenvalue weighted by Gasteiger charge is -1.85. The summed E-state index contributed by atoms with van der Waals surface area (Å²) in [6, 6.07) is 3.88. The van der Waals surface area contributed by atoms with E-state index in [4.69, 9.17) is 0 Å². The van der Waals surface area contributed by atoms with Crippen molar-refractivity contribution in [1.82, 2.24) is 0 Å².